The lowest BCUT2D eigenvalue weighted by atomic mass is 9.62. The molecule has 3 unspecified atom stereocenters. The van der Waals surface area contributed by atoms with E-state index in [0.29, 0.717) is 19.3 Å². The molecule has 3 aliphatic heterocycles. The van der Waals surface area contributed by atoms with Crippen LogP contribution in [0.3, 0.4) is 0 Å². The van der Waals surface area contributed by atoms with Crippen molar-refractivity contribution >= 4 is 23.5 Å². The number of hydrogen-bond acceptors (Lipinski definition) is 6. The van der Waals surface area contributed by atoms with Gasteiger partial charge in [-0.2, -0.15) is 0 Å². The lowest BCUT2D eigenvalue weighted by Crippen LogP contribution is -2.57. The van der Waals surface area contributed by atoms with Crippen LogP contribution in [-0.2, 0) is 23.9 Å². The third-order valence-electron chi connectivity index (χ3n) is 8.69. The van der Waals surface area contributed by atoms with E-state index in [-0.39, 0.29) is 44.0 Å². The minimum atomic E-state index is -1.16. The standard InChI is InChI=1S/C30H40N2O6/c1-7-13-31(22-17-19(3)11-12-20(22)4)27(35)25-30-18-21(5)29(6,38-30)24(28(36)37-16-8-2)23(30)26(34)32(25)14-9-10-15-33/h7-8,11-12,17,21,23-25,33H,1-2,9-10,13-16,18H2,3-6H3/t21?,23-,24+,25?,29-,30?/m0/s1. The Labute approximate surface area is 225 Å². The number of unbranched alkanes of at least 4 members (excludes halogenated alkanes) is 1. The lowest BCUT2D eigenvalue weighted by Gasteiger charge is -2.37. The monoisotopic (exact) mass is 524 g/mol. The molecule has 4 rings (SSSR count). The summed E-state index contributed by atoms with van der Waals surface area (Å²) in [4.78, 5) is 45.3. The molecule has 206 valence electrons. The number of carbonyl (C=O) groups is 3. The van der Waals surface area contributed by atoms with Crippen molar-refractivity contribution in [1.82, 2.24) is 4.90 Å². The number of carbonyl (C=O) groups excluding carboxylic acids is 3. The first-order chi connectivity index (χ1) is 18.1. The van der Waals surface area contributed by atoms with E-state index in [2.05, 4.69) is 13.2 Å². The van der Waals surface area contributed by atoms with Gasteiger partial charge in [0.15, 0.2) is 0 Å². The van der Waals surface area contributed by atoms with Crippen LogP contribution in [0.15, 0.2) is 43.5 Å². The summed E-state index contributed by atoms with van der Waals surface area (Å²) < 4.78 is 12.2. The lowest BCUT2D eigenvalue weighted by molar-refractivity contribution is -0.160. The maximum absolute atomic E-state index is 14.6. The van der Waals surface area contributed by atoms with Gasteiger partial charge in [-0.1, -0.05) is 37.8 Å². The number of nitrogens with zero attached hydrogens (tertiary/aromatic N) is 2. The van der Waals surface area contributed by atoms with Crippen molar-refractivity contribution in [2.45, 2.75) is 64.2 Å². The molecule has 0 radical (unpaired) electrons. The number of amides is 2. The van der Waals surface area contributed by atoms with Gasteiger partial charge < -0.3 is 24.4 Å². The summed E-state index contributed by atoms with van der Waals surface area (Å²) >= 11 is 0. The summed E-state index contributed by atoms with van der Waals surface area (Å²) in [5.74, 6) is -2.75. The van der Waals surface area contributed by atoms with Gasteiger partial charge in [0.2, 0.25) is 5.91 Å². The highest BCUT2D eigenvalue weighted by atomic mass is 16.6. The van der Waals surface area contributed by atoms with Gasteiger partial charge in [-0.25, -0.2) is 0 Å². The summed E-state index contributed by atoms with van der Waals surface area (Å²) in [6.45, 7) is 15.9. The topological polar surface area (TPSA) is 96.4 Å². The molecule has 0 aliphatic carbocycles. The van der Waals surface area contributed by atoms with Crippen molar-refractivity contribution in [1.29, 1.82) is 0 Å². The van der Waals surface area contributed by atoms with E-state index in [4.69, 9.17) is 9.47 Å². The fourth-order valence-electron chi connectivity index (χ4n) is 6.84. The zero-order chi connectivity index (χ0) is 27.8. The summed E-state index contributed by atoms with van der Waals surface area (Å²) in [6.07, 6.45) is 4.67. The second-order valence-electron chi connectivity index (χ2n) is 11.1. The number of aliphatic hydroxyl groups excluding tert-OH is 1. The minimum absolute atomic E-state index is 0.0115. The molecule has 38 heavy (non-hydrogen) atoms. The second-order valence-corrected chi connectivity index (χ2v) is 11.1. The highest BCUT2D eigenvalue weighted by Crippen LogP contribution is 2.65. The molecule has 0 saturated carbocycles. The van der Waals surface area contributed by atoms with Gasteiger partial charge in [0, 0.05) is 25.4 Å². The smallest absolute Gasteiger partial charge is 0.313 e. The Morgan fingerprint density at radius 3 is 2.66 bits per heavy atom. The highest BCUT2D eigenvalue weighted by molar-refractivity contribution is 6.05. The average Bonchev–Trinajstić information content (AvgIpc) is 3.39. The second kappa shape index (κ2) is 10.7. The fraction of sp³-hybridized carbons (Fsp3) is 0.567. The molecular formula is C30H40N2O6. The molecular weight excluding hydrogens is 484 g/mol. The maximum atomic E-state index is 14.6. The highest BCUT2D eigenvalue weighted by Gasteiger charge is 2.80. The SMILES string of the molecule is C=CCOC(=O)[C@H]1[C@H]2C(=O)N(CCCCO)C(C(=O)N(CC=C)c3cc(C)ccc3C)C23CC(C)[C@]1(C)O3. The van der Waals surface area contributed by atoms with Crippen molar-refractivity contribution in [2.24, 2.45) is 17.8 Å². The van der Waals surface area contributed by atoms with E-state index in [9.17, 15) is 19.5 Å². The largest absolute Gasteiger partial charge is 0.461 e. The zero-order valence-electron chi connectivity index (χ0n) is 22.9. The zero-order valence-corrected chi connectivity index (χ0v) is 22.9. The van der Waals surface area contributed by atoms with Crippen LogP contribution in [0.1, 0.15) is 44.2 Å². The maximum Gasteiger partial charge on any atom is 0.313 e. The van der Waals surface area contributed by atoms with Crippen LogP contribution in [0.5, 0.6) is 0 Å². The first kappa shape index (κ1) is 28.0. The number of hydrogen-bond donors (Lipinski definition) is 1. The quantitative estimate of drug-likeness (QED) is 0.271. The van der Waals surface area contributed by atoms with Crippen LogP contribution < -0.4 is 4.90 Å². The van der Waals surface area contributed by atoms with Gasteiger partial charge in [-0.15, -0.1) is 6.58 Å². The molecule has 8 nitrogen and oxygen atoms in total. The Hall–Kier alpha value is -2.97. The number of benzene rings is 1. The fourth-order valence-corrected chi connectivity index (χ4v) is 6.84. The number of fused-ring (bicyclic) bond motifs is 1. The Bertz CT molecular complexity index is 1130. The van der Waals surface area contributed by atoms with E-state index in [1.165, 1.54) is 6.08 Å². The molecule has 2 bridgehead atoms. The van der Waals surface area contributed by atoms with E-state index in [1.807, 2.05) is 45.9 Å². The molecule has 3 saturated heterocycles. The number of esters is 1. The number of anilines is 1. The Balaban J connectivity index is 1.83. The Kier molecular flexibility index (Phi) is 7.86. The number of aliphatic hydroxyl groups is 1. The van der Waals surface area contributed by atoms with Crippen molar-refractivity contribution in [3.63, 3.8) is 0 Å². The molecule has 1 aromatic carbocycles. The van der Waals surface area contributed by atoms with Gasteiger partial charge in [0.25, 0.3) is 5.91 Å². The van der Waals surface area contributed by atoms with Gasteiger partial charge in [0.05, 0.1) is 11.5 Å². The van der Waals surface area contributed by atoms with Crippen molar-refractivity contribution < 1.29 is 29.0 Å². The van der Waals surface area contributed by atoms with Gasteiger partial charge in [-0.05, 0) is 63.1 Å². The number of rotatable bonds is 11. The van der Waals surface area contributed by atoms with Crippen molar-refractivity contribution in [2.75, 3.05) is 31.2 Å². The van der Waals surface area contributed by atoms with Crippen LogP contribution in [0.4, 0.5) is 5.69 Å². The van der Waals surface area contributed by atoms with Crippen molar-refractivity contribution in [3.8, 4) is 0 Å². The molecule has 8 heteroatoms. The minimum Gasteiger partial charge on any atom is -0.461 e. The molecule has 3 aliphatic rings. The van der Waals surface area contributed by atoms with Crippen LogP contribution >= 0.6 is 0 Å². The van der Waals surface area contributed by atoms with E-state index in [0.717, 1.165) is 16.8 Å². The molecule has 2 amide bonds. The summed E-state index contributed by atoms with van der Waals surface area (Å²) in [6, 6.07) is 5.01. The first-order valence-electron chi connectivity index (χ1n) is 13.5. The first-order valence-corrected chi connectivity index (χ1v) is 13.5. The molecule has 6 atom stereocenters. The van der Waals surface area contributed by atoms with Crippen LogP contribution in [-0.4, -0.2) is 71.3 Å². The molecule has 0 aromatic heterocycles. The Morgan fingerprint density at radius 1 is 1.26 bits per heavy atom. The third-order valence-corrected chi connectivity index (χ3v) is 8.69. The van der Waals surface area contributed by atoms with Gasteiger partial charge in [0.1, 0.15) is 24.2 Å². The molecule has 3 fully saturated rings. The van der Waals surface area contributed by atoms with Gasteiger partial charge in [-0.3, -0.25) is 14.4 Å². The van der Waals surface area contributed by atoms with Crippen LogP contribution in [0.25, 0.3) is 0 Å². The Morgan fingerprint density at radius 2 is 2.00 bits per heavy atom. The molecule has 1 N–H and O–H groups in total. The molecule has 1 aromatic rings. The van der Waals surface area contributed by atoms with E-state index in [1.54, 1.807) is 15.9 Å². The molecule has 3 heterocycles. The van der Waals surface area contributed by atoms with E-state index >= 15 is 0 Å². The number of likely N-dealkylation sites (tertiary alicyclic amines) is 1. The summed E-state index contributed by atoms with van der Waals surface area (Å²) in [5.41, 5.74) is 0.605. The summed E-state index contributed by atoms with van der Waals surface area (Å²) in [5, 5.41) is 9.39. The number of aryl methyl sites for hydroxylation is 2. The predicted molar refractivity (Wildman–Crippen MR) is 144 cm³/mol. The van der Waals surface area contributed by atoms with Crippen LogP contribution in [0, 0.1) is 31.6 Å². The molecule has 1 spiro atoms. The number of ether oxygens (including phenoxy) is 2. The van der Waals surface area contributed by atoms with E-state index < -0.39 is 35.0 Å². The summed E-state index contributed by atoms with van der Waals surface area (Å²) in [7, 11) is 0. The average molecular weight is 525 g/mol. The van der Waals surface area contributed by atoms with Gasteiger partial charge >= 0.3 is 5.97 Å². The predicted octanol–water partition coefficient (Wildman–Crippen LogP) is 3.33. The van der Waals surface area contributed by atoms with Crippen LogP contribution in [0.2, 0.25) is 0 Å². The third kappa shape index (κ3) is 4.28. The normalized spacial score (nSPS) is 31.3. The van der Waals surface area contributed by atoms with Crippen molar-refractivity contribution in [3.05, 3.63) is 54.6 Å².